The van der Waals surface area contributed by atoms with Crippen molar-refractivity contribution in [2.45, 2.75) is 24.0 Å². The summed E-state index contributed by atoms with van der Waals surface area (Å²) in [6.07, 6.45) is -4.00. The van der Waals surface area contributed by atoms with Gasteiger partial charge in [0.2, 0.25) is 5.91 Å². The van der Waals surface area contributed by atoms with E-state index >= 15 is 0 Å². The fourth-order valence-electron chi connectivity index (χ4n) is 3.75. The lowest BCUT2D eigenvalue weighted by atomic mass is 9.84. The number of sulfone groups is 1. The number of halogens is 3. The number of hydrogen-bond acceptors (Lipinski definition) is 4. The van der Waals surface area contributed by atoms with Crippen molar-refractivity contribution in [1.82, 2.24) is 4.90 Å². The molecule has 1 atom stereocenters. The number of amides is 1. The number of alkyl halides is 3. The molecule has 3 rings (SSSR count). The minimum atomic E-state index is -4.71. The van der Waals surface area contributed by atoms with E-state index in [1.54, 1.807) is 4.90 Å². The molecule has 1 aliphatic heterocycles. The summed E-state index contributed by atoms with van der Waals surface area (Å²) in [6.45, 7) is 0.0652. The molecule has 2 aromatic carbocycles. The lowest BCUT2D eigenvalue weighted by Crippen LogP contribution is -2.53. The molecule has 1 amide bonds. The van der Waals surface area contributed by atoms with Crippen molar-refractivity contribution in [1.29, 1.82) is 0 Å². The second kappa shape index (κ2) is 8.03. The molecule has 1 saturated heterocycles. The third-order valence-electron chi connectivity index (χ3n) is 5.51. The van der Waals surface area contributed by atoms with Crippen LogP contribution < -0.4 is 4.90 Å². The number of nitrogens with zero attached hydrogens (tertiary/aromatic N) is 2. The first-order valence-electron chi connectivity index (χ1n) is 9.35. The van der Waals surface area contributed by atoms with Crippen LogP contribution in [0.15, 0.2) is 59.5 Å². The normalized spacial score (nSPS) is 20.3. The monoisotopic (exact) mass is 440 g/mol. The maximum Gasteiger partial charge on any atom is 0.404 e. The molecule has 0 N–H and O–H groups in total. The van der Waals surface area contributed by atoms with Crippen molar-refractivity contribution in [3.63, 3.8) is 0 Å². The van der Waals surface area contributed by atoms with Gasteiger partial charge in [0.15, 0.2) is 15.3 Å². The van der Waals surface area contributed by atoms with E-state index in [1.807, 2.05) is 30.3 Å². The van der Waals surface area contributed by atoms with Crippen molar-refractivity contribution in [2.24, 2.45) is 5.41 Å². The third kappa shape index (κ3) is 4.37. The number of rotatable bonds is 5. The molecule has 1 fully saturated rings. The number of carbonyl (C=O) groups is 1. The quantitative estimate of drug-likeness (QED) is 0.714. The first kappa shape index (κ1) is 22.3. The second-order valence-electron chi connectivity index (χ2n) is 7.66. The fourth-order valence-corrected chi connectivity index (χ4v) is 4.38. The zero-order valence-corrected chi connectivity index (χ0v) is 17.5. The van der Waals surface area contributed by atoms with Gasteiger partial charge < -0.3 is 4.90 Å². The van der Waals surface area contributed by atoms with Gasteiger partial charge in [-0.1, -0.05) is 30.3 Å². The van der Waals surface area contributed by atoms with Crippen LogP contribution in [0.1, 0.15) is 12.0 Å². The van der Waals surface area contributed by atoms with Gasteiger partial charge in [-0.25, -0.2) is 8.42 Å². The van der Waals surface area contributed by atoms with E-state index in [9.17, 15) is 26.4 Å². The highest BCUT2D eigenvalue weighted by atomic mass is 32.2. The third-order valence-corrected chi connectivity index (χ3v) is 6.63. The van der Waals surface area contributed by atoms with Crippen LogP contribution >= 0.6 is 0 Å². The van der Waals surface area contributed by atoms with Crippen molar-refractivity contribution in [2.75, 3.05) is 31.3 Å². The largest absolute Gasteiger partial charge is 0.404 e. The summed E-state index contributed by atoms with van der Waals surface area (Å²) >= 11 is 0. The molecule has 162 valence electrons. The van der Waals surface area contributed by atoms with Gasteiger partial charge in [0.25, 0.3) is 0 Å². The van der Waals surface area contributed by atoms with Crippen molar-refractivity contribution < 1.29 is 26.4 Å². The predicted octanol–water partition coefficient (Wildman–Crippen LogP) is 3.51. The van der Waals surface area contributed by atoms with E-state index < -0.39 is 33.9 Å². The molecule has 0 aliphatic carbocycles. The van der Waals surface area contributed by atoms with Crippen molar-refractivity contribution in [3.8, 4) is 0 Å². The van der Waals surface area contributed by atoms with Gasteiger partial charge in [0.1, 0.15) is 0 Å². The molecule has 0 radical (unpaired) electrons. The van der Waals surface area contributed by atoms with E-state index in [2.05, 4.69) is 0 Å². The van der Waals surface area contributed by atoms with Gasteiger partial charge in [-0.15, -0.1) is 0 Å². The minimum absolute atomic E-state index is 0.0348. The summed E-state index contributed by atoms with van der Waals surface area (Å²) in [5.74, 6) is -1.04. The molecule has 1 aliphatic rings. The van der Waals surface area contributed by atoms with Crippen LogP contribution in [0, 0.1) is 5.41 Å². The van der Waals surface area contributed by atoms with Crippen molar-refractivity contribution >= 4 is 21.4 Å². The van der Waals surface area contributed by atoms with Gasteiger partial charge >= 0.3 is 6.18 Å². The smallest absolute Gasteiger partial charge is 0.315 e. The Balaban J connectivity index is 1.84. The lowest BCUT2D eigenvalue weighted by Gasteiger charge is -2.34. The molecular formula is C21H23F3N2O3S. The Labute approximate surface area is 174 Å². The Hall–Kier alpha value is -2.39. The van der Waals surface area contributed by atoms with E-state index in [4.69, 9.17) is 0 Å². The molecule has 0 bridgehead atoms. The molecule has 0 spiro atoms. The molecule has 30 heavy (non-hydrogen) atoms. The first-order valence-corrected chi connectivity index (χ1v) is 11.2. The zero-order chi connectivity index (χ0) is 22.2. The molecule has 1 unspecified atom stereocenters. The summed E-state index contributed by atoms with van der Waals surface area (Å²) in [6, 6.07) is 14.4. The average Bonchev–Trinajstić information content (AvgIpc) is 3.12. The predicted molar refractivity (Wildman–Crippen MR) is 108 cm³/mol. The van der Waals surface area contributed by atoms with Gasteiger partial charge in [-0.05, 0) is 42.8 Å². The van der Waals surface area contributed by atoms with E-state index in [-0.39, 0.29) is 23.5 Å². The number of anilines is 1. The number of hydrogen-bond donors (Lipinski definition) is 0. The molecule has 9 heteroatoms. The van der Waals surface area contributed by atoms with E-state index in [1.165, 1.54) is 31.3 Å². The number of carbonyl (C=O) groups excluding carboxylic acids is 1. The van der Waals surface area contributed by atoms with E-state index in [0.717, 1.165) is 16.7 Å². The molecule has 5 nitrogen and oxygen atoms in total. The van der Waals surface area contributed by atoms with E-state index in [0.29, 0.717) is 6.54 Å². The Morgan fingerprint density at radius 2 is 1.70 bits per heavy atom. The second-order valence-corrected chi connectivity index (χ2v) is 9.67. The standard InChI is InChI=1S/C21H23F3N2O3S/c1-25(17-8-10-18(11-9-17)30(2,28)29)19(27)20(21(22,23)24)12-13-26(15-20)14-16-6-4-3-5-7-16/h3-11H,12-15H2,1-2H3. The molecule has 0 saturated carbocycles. The highest BCUT2D eigenvalue weighted by molar-refractivity contribution is 7.90. The van der Waals surface area contributed by atoms with Crippen LogP contribution in [-0.4, -0.2) is 51.8 Å². The summed E-state index contributed by atoms with van der Waals surface area (Å²) in [5.41, 5.74) is -1.42. The topological polar surface area (TPSA) is 57.7 Å². The summed E-state index contributed by atoms with van der Waals surface area (Å²) in [4.78, 5) is 15.7. The fraction of sp³-hybridized carbons (Fsp3) is 0.381. The van der Waals surface area contributed by atoms with Crippen LogP contribution in [0.5, 0.6) is 0 Å². The van der Waals surface area contributed by atoms with Crippen LogP contribution in [0.4, 0.5) is 18.9 Å². The molecular weight excluding hydrogens is 417 g/mol. The SMILES string of the molecule is CN(C(=O)C1(C(F)(F)F)CCN(Cc2ccccc2)C1)c1ccc(S(C)(=O)=O)cc1. The van der Waals surface area contributed by atoms with Crippen LogP contribution in [-0.2, 0) is 21.2 Å². The summed E-state index contributed by atoms with van der Waals surface area (Å²) < 4.78 is 65.5. The Kier molecular flexibility index (Phi) is 5.97. The highest BCUT2D eigenvalue weighted by Gasteiger charge is 2.63. The van der Waals surface area contributed by atoms with Gasteiger partial charge in [0, 0.05) is 32.1 Å². The maximum absolute atomic E-state index is 14.1. The van der Waals surface area contributed by atoms with Crippen LogP contribution in [0.2, 0.25) is 0 Å². The summed E-state index contributed by atoms with van der Waals surface area (Å²) in [5, 5.41) is 0. The Morgan fingerprint density at radius 1 is 1.10 bits per heavy atom. The number of benzene rings is 2. The van der Waals surface area contributed by atoms with Crippen LogP contribution in [0.3, 0.4) is 0 Å². The number of likely N-dealkylation sites (tertiary alicyclic amines) is 1. The highest BCUT2D eigenvalue weighted by Crippen LogP contribution is 2.47. The first-order chi connectivity index (χ1) is 13.9. The lowest BCUT2D eigenvalue weighted by molar-refractivity contribution is -0.216. The Morgan fingerprint density at radius 3 is 2.23 bits per heavy atom. The maximum atomic E-state index is 14.1. The van der Waals surface area contributed by atoms with Crippen LogP contribution in [0.25, 0.3) is 0 Å². The molecule has 0 aromatic heterocycles. The van der Waals surface area contributed by atoms with Gasteiger partial charge in [-0.3, -0.25) is 9.69 Å². The average molecular weight is 440 g/mol. The molecule has 1 heterocycles. The minimum Gasteiger partial charge on any atom is -0.315 e. The molecule has 2 aromatic rings. The summed E-state index contributed by atoms with van der Waals surface area (Å²) in [7, 11) is -2.16. The van der Waals surface area contributed by atoms with Gasteiger partial charge in [0.05, 0.1) is 4.90 Å². The Bertz CT molecular complexity index is 1010. The zero-order valence-electron chi connectivity index (χ0n) is 16.7. The van der Waals surface area contributed by atoms with Crippen molar-refractivity contribution in [3.05, 3.63) is 60.2 Å². The van der Waals surface area contributed by atoms with Gasteiger partial charge in [-0.2, -0.15) is 13.2 Å².